The number of carbonyl (C=O) groups is 1. The molecule has 0 N–H and O–H groups in total. The van der Waals surface area contributed by atoms with Crippen LogP contribution in [0.1, 0.15) is 32.6 Å². The average molecular weight is 224 g/mol. The van der Waals surface area contributed by atoms with Gasteiger partial charge >= 0.3 is 0 Å². The van der Waals surface area contributed by atoms with Crippen LogP contribution in [0.5, 0.6) is 0 Å². The third-order valence-corrected chi connectivity index (χ3v) is 2.99. The van der Waals surface area contributed by atoms with Gasteiger partial charge in [0, 0.05) is 20.2 Å². The Morgan fingerprint density at radius 1 is 1.62 bits per heavy atom. The lowest BCUT2D eigenvalue weighted by Crippen LogP contribution is -2.39. The van der Waals surface area contributed by atoms with E-state index in [0.717, 1.165) is 19.4 Å². The fraction of sp³-hybridized carbons (Fsp3) is 0.833. The molecule has 0 aliphatic carbocycles. The Morgan fingerprint density at radius 2 is 2.38 bits per heavy atom. The van der Waals surface area contributed by atoms with Crippen LogP contribution >= 0.6 is 0 Å². The summed E-state index contributed by atoms with van der Waals surface area (Å²) in [7, 11) is 1.75. The van der Waals surface area contributed by atoms with Crippen molar-refractivity contribution in [2.24, 2.45) is 5.92 Å². The van der Waals surface area contributed by atoms with Crippen molar-refractivity contribution in [2.45, 2.75) is 38.7 Å². The minimum absolute atomic E-state index is 0.0841. The Kier molecular flexibility index (Phi) is 5.27. The molecule has 2 unspecified atom stereocenters. The summed E-state index contributed by atoms with van der Waals surface area (Å²) in [5, 5.41) is 8.82. The van der Waals surface area contributed by atoms with Crippen LogP contribution in [0.2, 0.25) is 0 Å². The van der Waals surface area contributed by atoms with Crippen LogP contribution in [0.15, 0.2) is 0 Å². The minimum Gasteiger partial charge on any atom is -0.376 e. The Hall–Kier alpha value is -1.08. The van der Waals surface area contributed by atoms with E-state index in [9.17, 15) is 4.79 Å². The monoisotopic (exact) mass is 224 g/mol. The van der Waals surface area contributed by atoms with Crippen molar-refractivity contribution in [1.29, 1.82) is 5.26 Å². The first-order valence-electron chi connectivity index (χ1n) is 5.95. The molecule has 1 heterocycles. The van der Waals surface area contributed by atoms with Crippen LogP contribution in [-0.4, -0.2) is 37.1 Å². The van der Waals surface area contributed by atoms with Crippen molar-refractivity contribution in [3.8, 4) is 6.07 Å². The lowest BCUT2D eigenvalue weighted by molar-refractivity contribution is -0.134. The standard InChI is InChI=1S/C12H20N2O2/c1-3-10(8-13)12(15)14(2)9-11-6-4-5-7-16-11/h10-11H,3-7,9H2,1-2H3. The molecule has 4 heteroatoms. The van der Waals surface area contributed by atoms with Crippen LogP contribution < -0.4 is 0 Å². The van der Waals surface area contributed by atoms with E-state index in [2.05, 4.69) is 0 Å². The number of ether oxygens (including phenoxy) is 1. The Bertz CT molecular complexity index is 267. The minimum atomic E-state index is -0.506. The number of hydrogen-bond acceptors (Lipinski definition) is 3. The van der Waals surface area contributed by atoms with Gasteiger partial charge in [-0.25, -0.2) is 0 Å². The second kappa shape index (κ2) is 6.49. The first-order valence-corrected chi connectivity index (χ1v) is 5.95. The Balaban J connectivity index is 2.41. The number of amides is 1. The molecule has 4 nitrogen and oxygen atoms in total. The largest absolute Gasteiger partial charge is 0.376 e. The van der Waals surface area contributed by atoms with Crippen molar-refractivity contribution < 1.29 is 9.53 Å². The molecule has 0 spiro atoms. The fourth-order valence-electron chi connectivity index (χ4n) is 1.93. The zero-order valence-electron chi connectivity index (χ0n) is 10.1. The fourth-order valence-corrected chi connectivity index (χ4v) is 1.93. The summed E-state index contributed by atoms with van der Waals surface area (Å²) in [5.41, 5.74) is 0. The van der Waals surface area contributed by atoms with E-state index in [1.165, 1.54) is 6.42 Å². The van der Waals surface area contributed by atoms with E-state index in [-0.39, 0.29) is 12.0 Å². The Labute approximate surface area is 97.2 Å². The highest BCUT2D eigenvalue weighted by Gasteiger charge is 2.23. The highest BCUT2D eigenvalue weighted by molar-refractivity contribution is 5.80. The number of carbonyl (C=O) groups excluding carboxylic acids is 1. The Morgan fingerprint density at radius 3 is 2.88 bits per heavy atom. The zero-order valence-corrected chi connectivity index (χ0v) is 10.1. The summed E-state index contributed by atoms with van der Waals surface area (Å²) in [4.78, 5) is 13.5. The van der Waals surface area contributed by atoms with Crippen LogP contribution in [0, 0.1) is 17.2 Å². The van der Waals surface area contributed by atoms with E-state index >= 15 is 0 Å². The van der Waals surface area contributed by atoms with Gasteiger partial charge in [0.25, 0.3) is 0 Å². The molecule has 0 aromatic heterocycles. The highest BCUT2D eigenvalue weighted by atomic mass is 16.5. The summed E-state index contributed by atoms with van der Waals surface area (Å²) in [6.45, 7) is 3.26. The average Bonchev–Trinajstić information content (AvgIpc) is 2.31. The maximum atomic E-state index is 11.8. The van der Waals surface area contributed by atoms with Crippen LogP contribution in [0.3, 0.4) is 0 Å². The van der Waals surface area contributed by atoms with Gasteiger partial charge < -0.3 is 9.64 Å². The number of nitriles is 1. The molecule has 1 aliphatic rings. The van der Waals surface area contributed by atoms with E-state index < -0.39 is 5.92 Å². The normalized spacial score (nSPS) is 22.2. The van der Waals surface area contributed by atoms with Gasteiger partial charge in [-0.15, -0.1) is 0 Å². The smallest absolute Gasteiger partial charge is 0.239 e. The molecule has 0 aromatic carbocycles. The number of likely N-dealkylation sites (N-methyl/N-ethyl adjacent to an activating group) is 1. The zero-order chi connectivity index (χ0) is 12.0. The summed E-state index contributed by atoms with van der Waals surface area (Å²) >= 11 is 0. The molecule has 1 aliphatic heterocycles. The van der Waals surface area contributed by atoms with Crippen molar-refractivity contribution in [1.82, 2.24) is 4.90 Å². The molecule has 1 amide bonds. The second-order valence-corrected chi connectivity index (χ2v) is 4.30. The van der Waals surface area contributed by atoms with Crippen LogP contribution in [-0.2, 0) is 9.53 Å². The number of rotatable bonds is 4. The SMILES string of the molecule is CCC(C#N)C(=O)N(C)CC1CCCCO1. The summed E-state index contributed by atoms with van der Waals surface area (Å²) in [6.07, 6.45) is 4.03. The summed E-state index contributed by atoms with van der Waals surface area (Å²) < 4.78 is 5.57. The van der Waals surface area contributed by atoms with E-state index in [1.807, 2.05) is 13.0 Å². The van der Waals surface area contributed by atoms with Gasteiger partial charge in [0.2, 0.25) is 5.91 Å². The summed E-state index contributed by atoms with van der Waals surface area (Å²) in [5.74, 6) is -0.590. The van der Waals surface area contributed by atoms with Gasteiger partial charge in [-0.05, 0) is 25.7 Å². The molecule has 0 saturated carbocycles. The van der Waals surface area contributed by atoms with Crippen molar-refractivity contribution in [3.63, 3.8) is 0 Å². The molecule has 2 atom stereocenters. The maximum absolute atomic E-state index is 11.8. The molecular formula is C12H20N2O2. The lowest BCUT2D eigenvalue weighted by atomic mass is 10.1. The van der Waals surface area contributed by atoms with Gasteiger partial charge in [-0.3, -0.25) is 4.79 Å². The maximum Gasteiger partial charge on any atom is 0.239 e. The quantitative estimate of drug-likeness (QED) is 0.728. The van der Waals surface area contributed by atoms with Gasteiger partial charge in [-0.2, -0.15) is 5.26 Å². The molecule has 0 radical (unpaired) electrons. The van der Waals surface area contributed by atoms with E-state index in [4.69, 9.17) is 10.00 Å². The molecule has 1 saturated heterocycles. The predicted octanol–water partition coefficient (Wildman–Crippen LogP) is 1.56. The first-order chi connectivity index (χ1) is 7.69. The third-order valence-electron chi connectivity index (χ3n) is 2.99. The van der Waals surface area contributed by atoms with E-state index in [1.54, 1.807) is 11.9 Å². The van der Waals surface area contributed by atoms with Crippen molar-refractivity contribution in [2.75, 3.05) is 20.2 Å². The highest BCUT2D eigenvalue weighted by Crippen LogP contribution is 2.14. The molecular weight excluding hydrogens is 204 g/mol. The molecule has 0 bridgehead atoms. The van der Waals surface area contributed by atoms with Crippen LogP contribution in [0.25, 0.3) is 0 Å². The number of hydrogen-bond donors (Lipinski definition) is 0. The predicted molar refractivity (Wildman–Crippen MR) is 60.6 cm³/mol. The van der Waals surface area contributed by atoms with Gasteiger partial charge in [-0.1, -0.05) is 6.92 Å². The van der Waals surface area contributed by atoms with Gasteiger partial charge in [0.05, 0.1) is 12.2 Å². The molecule has 16 heavy (non-hydrogen) atoms. The van der Waals surface area contributed by atoms with Gasteiger partial charge in [0.1, 0.15) is 5.92 Å². The molecule has 1 fully saturated rings. The van der Waals surface area contributed by atoms with Crippen LogP contribution in [0.4, 0.5) is 0 Å². The second-order valence-electron chi connectivity index (χ2n) is 4.30. The molecule has 90 valence electrons. The molecule has 0 aromatic rings. The van der Waals surface area contributed by atoms with Gasteiger partial charge in [0.15, 0.2) is 0 Å². The van der Waals surface area contributed by atoms with Crippen molar-refractivity contribution in [3.05, 3.63) is 0 Å². The third kappa shape index (κ3) is 3.49. The topological polar surface area (TPSA) is 53.3 Å². The molecule has 1 rings (SSSR count). The number of nitrogens with zero attached hydrogens (tertiary/aromatic N) is 2. The summed E-state index contributed by atoms with van der Waals surface area (Å²) in [6, 6.07) is 2.04. The first kappa shape index (κ1) is 13.0. The van der Waals surface area contributed by atoms with E-state index in [0.29, 0.717) is 13.0 Å². The lowest BCUT2D eigenvalue weighted by Gasteiger charge is -2.28. The van der Waals surface area contributed by atoms with Crippen molar-refractivity contribution >= 4 is 5.91 Å².